The molecule has 0 saturated carbocycles. The molecular formula is C22H23NO3. The van der Waals surface area contributed by atoms with E-state index in [1.807, 2.05) is 18.2 Å². The quantitative estimate of drug-likeness (QED) is 0.903. The summed E-state index contributed by atoms with van der Waals surface area (Å²) in [6, 6.07) is 14.4. The average molecular weight is 349 g/mol. The highest BCUT2D eigenvalue weighted by atomic mass is 16.6. The van der Waals surface area contributed by atoms with E-state index in [1.54, 1.807) is 0 Å². The van der Waals surface area contributed by atoms with Crippen LogP contribution in [0.2, 0.25) is 0 Å². The van der Waals surface area contributed by atoms with Crippen molar-refractivity contribution in [3.05, 3.63) is 65.2 Å². The van der Waals surface area contributed by atoms with Crippen molar-refractivity contribution in [3.63, 3.8) is 0 Å². The third kappa shape index (κ3) is 2.44. The number of hydrogen-bond acceptors (Lipinski definition) is 4. The van der Waals surface area contributed by atoms with Gasteiger partial charge in [0, 0.05) is 24.2 Å². The number of benzene rings is 2. The van der Waals surface area contributed by atoms with E-state index >= 15 is 0 Å². The van der Waals surface area contributed by atoms with Crippen molar-refractivity contribution in [2.75, 3.05) is 26.3 Å². The van der Waals surface area contributed by atoms with Gasteiger partial charge in [0.15, 0.2) is 11.5 Å². The fraction of sp³-hybridized carbons (Fsp3) is 0.364. The summed E-state index contributed by atoms with van der Waals surface area (Å²) in [6.45, 7) is 2.78. The van der Waals surface area contributed by atoms with Gasteiger partial charge in [0.05, 0.1) is 0 Å². The number of aryl methyl sites for hydroxylation is 1. The Morgan fingerprint density at radius 3 is 2.73 bits per heavy atom. The zero-order chi connectivity index (χ0) is 17.6. The van der Waals surface area contributed by atoms with E-state index in [9.17, 15) is 5.11 Å². The molecule has 1 unspecified atom stereocenters. The number of fused-ring (bicyclic) bond motifs is 2. The molecule has 1 atom stereocenters. The van der Waals surface area contributed by atoms with Crippen molar-refractivity contribution in [1.29, 1.82) is 0 Å². The maximum Gasteiger partial charge on any atom is 0.168 e. The lowest BCUT2D eigenvalue weighted by Gasteiger charge is -2.39. The third-order valence-electron chi connectivity index (χ3n) is 5.84. The van der Waals surface area contributed by atoms with Gasteiger partial charge in [0.25, 0.3) is 0 Å². The molecule has 4 nitrogen and oxygen atoms in total. The Balaban J connectivity index is 1.42. The van der Waals surface area contributed by atoms with Crippen LogP contribution < -0.4 is 9.47 Å². The second kappa shape index (κ2) is 6.15. The summed E-state index contributed by atoms with van der Waals surface area (Å²) in [7, 11) is 0. The molecule has 2 heterocycles. The van der Waals surface area contributed by atoms with Gasteiger partial charge in [-0.15, -0.1) is 0 Å². The lowest BCUT2D eigenvalue weighted by molar-refractivity contribution is -0.109. The summed E-state index contributed by atoms with van der Waals surface area (Å²) in [5.74, 6) is 1.70. The van der Waals surface area contributed by atoms with Crippen molar-refractivity contribution in [3.8, 4) is 11.5 Å². The molecule has 2 aromatic rings. The SMILES string of the molecule is OC1(N2CC=C(c3cccc4c3OCCO4)CC2)CCc2ccccc21. The standard InChI is InChI=1S/C22H23NO3/c24-22(11-8-17-4-1-2-6-19(17)22)23-12-9-16(10-13-23)18-5-3-7-20-21(18)26-15-14-25-20/h1-7,9,24H,8,10-15H2. The minimum Gasteiger partial charge on any atom is -0.486 e. The predicted molar refractivity (Wildman–Crippen MR) is 100 cm³/mol. The van der Waals surface area contributed by atoms with E-state index in [0.29, 0.717) is 13.2 Å². The number of ether oxygens (including phenoxy) is 2. The number of rotatable bonds is 2. The monoisotopic (exact) mass is 349 g/mol. The highest BCUT2D eigenvalue weighted by Crippen LogP contribution is 2.43. The molecule has 2 aliphatic heterocycles. The summed E-state index contributed by atoms with van der Waals surface area (Å²) in [4.78, 5) is 2.20. The van der Waals surface area contributed by atoms with Gasteiger partial charge in [-0.2, -0.15) is 0 Å². The summed E-state index contributed by atoms with van der Waals surface area (Å²) < 4.78 is 11.6. The number of para-hydroxylation sites is 1. The number of nitrogens with zero attached hydrogens (tertiary/aromatic N) is 1. The van der Waals surface area contributed by atoms with E-state index in [-0.39, 0.29) is 0 Å². The van der Waals surface area contributed by atoms with E-state index in [0.717, 1.165) is 55.0 Å². The van der Waals surface area contributed by atoms with Crippen LogP contribution in [0.1, 0.15) is 29.5 Å². The van der Waals surface area contributed by atoms with Gasteiger partial charge in [-0.3, -0.25) is 4.90 Å². The Morgan fingerprint density at radius 2 is 1.85 bits per heavy atom. The van der Waals surface area contributed by atoms with Crippen LogP contribution >= 0.6 is 0 Å². The molecule has 0 saturated heterocycles. The maximum atomic E-state index is 11.4. The molecule has 0 spiro atoms. The first-order valence-electron chi connectivity index (χ1n) is 9.39. The van der Waals surface area contributed by atoms with Crippen LogP contribution in [0.3, 0.4) is 0 Å². The van der Waals surface area contributed by atoms with Gasteiger partial charge in [0.2, 0.25) is 0 Å². The minimum atomic E-state index is -0.839. The topological polar surface area (TPSA) is 41.9 Å². The Morgan fingerprint density at radius 1 is 0.962 bits per heavy atom. The fourth-order valence-corrected chi connectivity index (χ4v) is 4.48. The molecule has 134 valence electrons. The Labute approximate surface area is 153 Å². The second-order valence-electron chi connectivity index (χ2n) is 7.23. The molecule has 5 rings (SSSR count). The van der Waals surface area contributed by atoms with Crippen molar-refractivity contribution >= 4 is 5.57 Å². The molecular weight excluding hydrogens is 326 g/mol. The van der Waals surface area contributed by atoms with Crippen LogP contribution in [0, 0.1) is 0 Å². The highest BCUT2D eigenvalue weighted by Gasteiger charge is 2.42. The molecule has 2 aromatic carbocycles. The molecule has 0 fully saturated rings. The fourth-order valence-electron chi connectivity index (χ4n) is 4.48. The summed E-state index contributed by atoms with van der Waals surface area (Å²) in [5.41, 5.74) is 3.91. The lowest BCUT2D eigenvalue weighted by atomic mass is 9.95. The second-order valence-corrected chi connectivity index (χ2v) is 7.23. The Hall–Kier alpha value is -2.30. The molecule has 0 radical (unpaired) electrons. The van der Waals surface area contributed by atoms with Crippen LogP contribution in [-0.2, 0) is 12.1 Å². The summed E-state index contributed by atoms with van der Waals surface area (Å²) >= 11 is 0. The van der Waals surface area contributed by atoms with Crippen LogP contribution in [0.25, 0.3) is 5.57 Å². The number of aliphatic hydroxyl groups is 1. The largest absolute Gasteiger partial charge is 0.486 e. The molecule has 0 amide bonds. The average Bonchev–Trinajstić information content (AvgIpc) is 3.06. The summed E-state index contributed by atoms with van der Waals surface area (Å²) in [5, 5.41) is 11.4. The van der Waals surface area contributed by atoms with E-state index < -0.39 is 5.72 Å². The molecule has 4 heteroatoms. The predicted octanol–water partition coefficient (Wildman–Crippen LogP) is 3.34. The van der Waals surface area contributed by atoms with Gasteiger partial charge in [-0.05, 0) is 36.5 Å². The molecule has 1 aliphatic carbocycles. The van der Waals surface area contributed by atoms with Crippen molar-refractivity contribution < 1.29 is 14.6 Å². The van der Waals surface area contributed by atoms with Gasteiger partial charge in [-0.1, -0.05) is 42.5 Å². The molecule has 0 aromatic heterocycles. The third-order valence-corrected chi connectivity index (χ3v) is 5.84. The first kappa shape index (κ1) is 15.9. The Kier molecular flexibility index (Phi) is 3.76. The minimum absolute atomic E-state index is 0.597. The van der Waals surface area contributed by atoms with Crippen LogP contribution in [0.4, 0.5) is 0 Å². The van der Waals surface area contributed by atoms with Crippen molar-refractivity contribution in [1.82, 2.24) is 4.90 Å². The van der Waals surface area contributed by atoms with Crippen LogP contribution in [0.15, 0.2) is 48.5 Å². The zero-order valence-electron chi connectivity index (χ0n) is 14.8. The highest BCUT2D eigenvalue weighted by molar-refractivity contribution is 5.74. The normalized spacial score (nSPS) is 24.9. The lowest BCUT2D eigenvalue weighted by Crippen LogP contribution is -2.46. The zero-order valence-corrected chi connectivity index (χ0v) is 14.8. The van der Waals surface area contributed by atoms with Crippen molar-refractivity contribution in [2.24, 2.45) is 0 Å². The van der Waals surface area contributed by atoms with E-state index in [4.69, 9.17) is 9.47 Å². The smallest absolute Gasteiger partial charge is 0.168 e. The molecule has 26 heavy (non-hydrogen) atoms. The molecule has 0 bridgehead atoms. The maximum absolute atomic E-state index is 11.4. The number of hydrogen-bond donors (Lipinski definition) is 1. The van der Waals surface area contributed by atoms with Gasteiger partial charge >= 0.3 is 0 Å². The molecule has 3 aliphatic rings. The van der Waals surface area contributed by atoms with Gasteiger partial charge in [-0.25, -0.2) is 0 Å². The van der Waals surface area contributed by atoms with Gasteiger partial charge in [0.1, 0.15) is 18.9 Å². The Bertz CT molecular complexity index is 875. The summed E-state index contributed by atoms with van der Waals surface area (Å²) in [6.07, 6.45) is 4.84. The van der Waals surface area contributed by atoms with E-state index in [2.05, 4.69) is 35.2 Å². The van der Waals surface area contributed by atoms with Crippen LogP contribution in [-0.4, -0.2) is 36.3 Å². The van der Waals surface area contributed by atoms with E-state index in [1.165, 1.54) is 11.1 Å². The first-order valence-corrected chi connectivity index (χ1v) is 9.39. The van der Waals surface area contributed by atoms with Gasteiger partial charge < -0.3 is 14.6 Å². The molecule has 1 N–H and O–H groups in total. The van der Waals surface area contributed by atoms with Crippen molar-refractivity contribution in [2.45, 2.75) is 25.0 Å². The first-order chi connectivity index (χ1) is 12.8. The van der Waals surface area contributed by atoms with Crippen LogP contribution in [0.5, 0.6) is 11.5 Å².